The van der Waals surface area contributed by atoms with Gasteiger partial charge in [0, 0.05) is 5.54 Å². The zero-order chi connectivity index (χ0) is 11.4. The van der Waals surface area contributed by atoms with Gasteiger partial charge in [-0.25, -0.2) is 0 Å². The summed E-state index contributed by atoms with van der Waals surface area (Å²) in [5.74, 6) is 0.957. The Morgan fingerprint density at radius 3 is 2.50 bits per heavy atom. The van der Waals surface area contributed by atoms with E-state index < -0.39 is 0 Å². The lowest BCUT2D eigenvalue weighted by Gasteiger charge is -2.46. The molecule has 0 aromatic heterocycles. The lowest BCUT2D eigenvalue weighted by molar-refractivity contribution is 0.124. The fourth-order valence-electron chi connectivity index (χ4n) is 3.15. The Balaban J connectivity index is 1.89. The van der Waals surface area contributed by atoms with Crippen molar-refractivity contribution >= 4 is 0 Å². The van der Waals surface area contributed by atoms with Crippen molar-refractivity contribution in [1.29, 1.82) is 0 Å². The summed E-state index contributed by atoms with van der Waals surface area (Å²) < 4.78 is 5.36. The van der Waals surface area contributed by atoms with Gasteiger partial charge in [0.05, 0.1) is 7.11 Å². The van der Waals surface area contributed by atoms with Crippen LogP contribution in [0.25, 0.3) is 0 Å². The molecule has 86 valence electrons. The highest BCUT2D eigenvalue weighted by molar-refractivity contribution is 5.41. The third kappa shape index (κ3) is 1.36. The normalized spacial score (nSPS) is 23.9. The molecule has 16 heavy (non-hydrogen) atoms. The zero-order valence-corrected chi connectivity index (χ0v) is 10.0. The van der Waals surface area contributed by atoms with Gasteiger partial charge >= 0.3 is 0 Å². The van der Waals surface area contributed by atoms with Crippen LogP contribution in [0.2, 0.25) is 0 Å². The summed E-state index contributed by atoms with van der Waals surface area (Å²) in [5, 5.41) is 0. The van der Waals surface area contributed by atoms with Crippen LogP contribution in [0.1, 0.15) is 36.8 Å². The highest BCUT2D eigenvalue weighted by Crippen LogP contribution is 2.67. The molecular formula is C14H19NO. The molecule has 0 bridgehead atoms. The zero-order valence-electron chi connectivity index (χ0n) is 10.0. The minimum absolute atomic E-state index is 0.0858. The van der Waals surface area contributed by atoms with Gasteiger partial charge in [-0.2, -0.15) is 0 Å². The number of rotatable bonds is 2. The van der Waals surface area contributed by atoms with Gasteiger partial charge < -0.3 is 10.5 Å². The minimum Gasteiger partial charge on any atom is -0.496 e. The van der Waals surface area contributed by atoms with E-state index in [1.54, 1.807) is 7.11 Å². The van der Waals surface area contributed by atoms with E-state index >= 15 is 0 Å². The molecule has 2 aliphatic carbocycles. The molecule has 1 aromatic rings. The maximum absolute atomic E-state index is 6.46. The van der Waals surface area contributed by atoms with Crippen LogP contribution >= 0.6 is 0 Å². The first kappa shape index (κ1) is 10.2. The lowest BCUT2D eigenvalue weighted by Crippen LogP contribution is -2.50. The van der Waals surface area contributed by atoms with Crippen molar-refractivity contribution < 1.29 is 4.74 Å². The summed E-state index contributed by atoms with van der Waals surface area (Å²) in [6.07, 6.45) is 5.09. The molecule has 2 fully saturated rings. The molecular weight excluding hydrogens is 198 g/mol. The average molecular weight is 217 g/mol. The molecule has 1 spiro atoms. The molecule has 1 aromatic carbocycles. The van der Waals surface area contributed by atoms with Gasteiger partial charge in [0.15, 0.2) is 0 Å². The van der Waals surface area contributed by atoms with Gasteiger partial charge in [-0.15, -0.1) is 0 Å². The van der Waals surface area contributed by atoms with Crippen molar-refractivity contribution in [2.75, 3.05) is 7.11 Å². The standard InChI is InChI=1S/C14H19NO/c1-10-3-4-11(7-12(10)16-2)14(15)8-13(9-14)5-6-13/h3-4,7H,5-6,8-9,15H2,1-2H3. The molecule has 0 radical (unpaired) electrons. The largest absolute Gasteiger partial charge is 0.496 e. The second-order valence-electron chi connectivity index (χ2n) is 5.69. The van der Waals surface area contributed by atoms with Crippen LogP contribution in [-0.2, 0) is 5.54 Å². The van der Waals surface area contributed by atoms with E-state index in [0.29, 0.717) is 5.41 Å². The molecule has 3 rings (SSSR count). The SMILES string of the molecule is COc1cc(C2(N)CC3(CC3)C2)ccc1C. The third-order valence-corrected chi connectivity index (χ3v) is 4.32. The van der Waals surface area contributed by atoms with Crippen molar-refractivity contribution in [3.63, 3.8) is 0 Å². The number of nitrogens with two attached hydrogens (primary N) is 1. The summed E-state index contributed by atoms with van der Waals surface area (Å²) in [6.45, 7) is 2.06. The van der Waals surface area contributed by atoms with Crippen molar-refractivity contribution in [2.24, 2.45) is 11.1 Å². The van der Waals surface area contributed by atoms with Gasteiger partial charge in [0.1, 0.15) is 5.75 Å². The maximum Gasteiger partial charge on any atom is 0.122 e. The summed E-state index contributed by atoms with van der Waals surface area (Å²) in [6, 6.07) is 6.39. The van der Waals surface area contributed by atoms with E-state index in [0.717, 1.165) is 18.6 Å². The quantitative estimate of drug-likeness (QED) is 0.826. The van der Waals surface area contributed by atoms with Crippen molar-refractivity contribution in [1.82, 2.24) is 0 Å². The van der Waals surface area contributed by atoms with Crippen LogP contribution in [0.15, 0.2) is 18.2 Å². The van der Waals surface area contributed by atoms with Crippen LogP contribution < -0.4 is 10.5 Å². The van der Waals surface area contributed by atoms with Crippen LogP contribution in [0.5, 0.6) is 5.75 Å². The number of hydrogen-bond donors (Lipinski definition) is 1. The van der Waals surface area contributed by atoms with E-state index in [1.807, 2.05) is 0 Å². The topological polar surface area (TPSA) is 35.2 Å². The van der Waals surface area contributed by atoms with Crippen LogP contribution in [0, 0.1) is 12.3 Å². The highest BCUT2D eigenvalue weighted by Gasteiger charge is 2.59. The molecule has 2 nitrogen and oxygen atoms in total. The molecule has 0 aliphatic heterocycles. The first-order valence-corrected chi connectivity index (χ1v) is 6.01. The second kappa shape index (κ2) is 3.01. The van der Waals surface area contributed by atoms with Crippen LogP contribution in [0.4, 0.5) is 0 Å². The number of methoxy groups -OCH3 is 1. The Morgan fingerprint density at radius 2 is 1.94 bits per heavy atom. The molecule has 2 heteroatoms. The van der Waals surface area contributed by atoms with E-state index in [9.17, 15) is 0 Å². The van der Waals surface area contributed by atoms with Crippen molar-refractivity contribution in [3.05, 3.63) is 29.3 Å². The van der Waals surface area contributed by atoms with Crippen molar-refractivity contribution in [2.45, 2.75) is 38.1 Å². The first-order chi connectivity index (χ1) is 7.57. The second-order valence-corrected chi connectivity index (χ2v) is 5.69. The van der Waals surface area contributed by atoms with E-state index in [-0.39, 0.29) is 5.54 Å². The summed E-state index contributed by atoms with van der Waals surface area (Å²) >= 11 is 0. The van der Waals surface area contributed by atoms with Gasteiger partial charge in [-0.3, -0.25) is 0 Å². The minimum atomic E-state index is -0.0858. The molecule has 0 amide bonds. The van der Waals surface area contributed by atoms with E-state index in [1.165, 1.54) is 24.0 Å². The number of hydrogen-bond acceptors (Lipinski definition) is 2. The Morgan fingerprint density at radius 1 is 1.25 bits per heavy atom. The average Bonchev–Trinajstić information content (AvgIpc) is 2.97. The van der Waals surface area contributed by atoms with Gasteiger partial charge in [0.2, 0.25) is 0 Å². The van der Waals surface area contributed by atoms with Crippen LogP contribution in [0.3, 0.4) is 0 Å². The smallest absolute Gasteiger partial charge is 0.122 e. The van der Waals surface area contributed by atoms with Crippen molar-refractivity contribution in [3.8, 4) is 5.75 Å². The number of ether oxygens (including phenoxy) is 1. The summed E-state index contributed by atoms with van der Waals surface area (Å²) in [4.78, 5) is 0. The summed E-state index contributed by atoms with van der Waals surface area (Å²) in [7, 11) is 1.72. The molecule has 0 unspecified atom stereocenters. The predicted octanol–water partition coefficient (Wildman–Crippen LogP) is 2.73. The first-order valence-electron chi connectivity index (χ1n) is 6.01. The number of benzene rings is 1. The van der Waals surface area contributed by atoms with Gasteiger partial charge in [-0.1, -0.05) is 12.1 Å². The third-order valence-electron chi connectivity index (χ3n) is 4.32. The molecule has 2 N–H and O–H groups in total. The van der Waals surface area contributed by atoms with Crippen LogP contribution in [-0.4, -0.2) is 7.11 Å². The molecule has 0 heterocycles. The molecule has 2 saturated carbocycles. The number of aryl methyl sites for hydroxylation is 1. The van der Waals surface area contributed by atoms with E-state index in [4.69, 9.17) is 10.5 Å². The Labute approximate surface area is 96.8 Å². The highest BCUT2D eigenvalue weighted by atomic mass is 16.5. The molecule has 0 saturated heterocycles. The lowest BCUT2D eigenvalue weighted by atomic mass is 9.63. The predicted molar refractivity (Wildman–Crippen MR) is 64.5 cm³/mol. The Kier molecular flexibility index (Phi) is 1.91. The van der Waals surface area contributed by atoms with E-state index in [2.05, 4.69) is 25.1 Å². The fourth-order valence-corrected chi connectivity index (χ4v) is 3.15. The molecule has 0 atom stereocenters. The Bertz CT molecular complexity index is 426. The van der Waals surface area contributed by atoms with Gasteiger partial charge in [0.25, 0.3) is 0 Å². The summed E-state index contributed by atoms with van der Waals surface area (Å²) in [5.41, 5.74) is 9.42. The van der Waals surface area contributed by atoms with Gasteiger partial charge in [-0.05, 0) is 55.2 Å². The monoisotopic (exact) mass is 217 g/mol. The molecule has 2 aliphatic rings. The maximum atomic E-state index is 6.46. The fraction of sp³-hybridized carbons (Fsp3) is 0.571. The Hall–Kier alpha value is -1.02.